The molecule has 0 bridgehead atoms. The van der Waals surface area contributed by atoms with Crippen molar-refractivity contribution in [2.75, 3.05) is 7.05 Å². The summed E-state index contributed by atoms with van der Waals surface area (Å²) < 4.78 is 27.3. The molecule has 1 N–H and O–H groups in total. The summed E-state index contributed by atoms with van der Waals surface area (Å²) >= 11 is 0. The van der Waals surface area contributed by atoms with Crippen molar-refractivity contribution in [2.24, 2.45) is 0 Å². The summed E-state index contributed by atoms with van der Waals surface area (Å²) in [6, 6.07) is 3.28. The number of hydrogen-bond acceptors (Lipinski definition) is 3. The first-order valence-corrected chi connectivity index (χ1v) is 5.14. The lowest BCUT2D eigenvalue weighted by Crippen LogP contribution is -2.09. The third-order valence-corrected chi connectivity index (χ3v) is 2.37. The van der Waals surface area contributed by atoms with Crippen LogP contribution in [0, 0.1) is 0 Å². The smallest absolute Gasteiger partial charge is 0.280 e. The van der Waals surface area contributed by atoms with Crippen LogP contribution in [0.25, 0.3) is 5.69 Å². The molecule has 90 valence electrons. The minimum absolute atomic E-state index is 0.0782. The Kier molecular flexibility index (Phi) is 3.43. The van der Waals surface area contributed by atoms with E-state index in [1.165, 1.54) is 10.9 Å². The zero-order valence-corrected chi connectivity index (χ0v) is 9.27. The zero-order valence-electron chi connectivity index (χ0n) is 9.27. The quantitative estimate of drug-likeness (QED) is 0.885. The van der Waals surface area contributed by atoms with Gasteiger partial charge < -0.3 is 5.32 Å². The molecule has 2 aromatic heterocycles. The third-order valence-electron chi connectivity index (χ3n) is 2.37. The lowest BCUT2D eigenvalue weighted by atomic mass is 10.2. The van der Waals surface area contributed by atoms with Crippen molar-refractivity contribution < 1.29 is 8.78 Å². The fraction of sp³-hybridized carbons (Fsp3) is 0.273. The predicted octanol–water partition coefficient (Wildman–Crippen LogP) is 1.92. The van der Waals surface area contributed by atoms with Gasteiger partial charge in [-0.1, -0.05) is 0 Å². The molecule has 0 spiro atoms. The van der Waals surface area contributed by atoms with E-state index in [-0.39, 0.29) is 5.69 Å². The molecule has 0 saturated carbocycles. The third kappa shape index (κ3) is 2.31. The van der Waals surface area contributed by atoms with Crippen LogP contribution < -0.4 is 5.32 Å². The molecule has 0 radical (unpaired) electrons. The van der Waals surface area contributed by atoms with E-state index < -0.39 is 6.43 Å². The maximum Gasteiger partial charge on any atom is 0.280 e. The van der Waals surface area contributed by atoms with Crippen molar-refractivity contribution in [2.45, 2.75) is 13.0 Å². The summed E-state index contributed by atoms with van der Waals surface area (Å²) in [6.07, 6.45) is 1.99. The lowest BCUT2D eigenvalue weighted by Gasteiger charge is -2.08. The summed E-state index contributed by atoms with van der Waals surface area (Å²) in [5.41, 5.74) is 1.00. The normalized spacial score (nSPS) is 11.1. The number of pyridine rings is 1. The molecule has 0 aliphatic rings. The molecular weight excluding hydrogens is 226 g/mol. The Morgan fingerprint density at radius 2 is 2.06 bits per heavy atom. The molecule has 4 nitrogen and oxygen atoms in total. The number of alkyl halides is 2. The van der Waals surface area contributed by atoms with E-state index in [2.05, 4.69) is 15.4 Å². The predicted molar refractivity (Wildman–Crippen MR) is 59.1 cm³/mol. The molecule has 0 fully saturated rings. The van der Waals surface area contributed by atoms with Gasteiger partial charge in [0.2, 0.25) is 0 Å². The first-order chi connectivity index (χ1) is 8.24. The highest BCUT2D eigenvalue weighted by atomic mass is 19.3. The molecule has 2 aromatic rings. The lowest BCUT2D eigenvalue weighted by molar-refractivity contribution is 0.141. The van der Waals surface area contributed by atoms with E-state index in [1.54, 1.807) is 31.6 Å². The van der Waals surface area contributed by atoms with Crippen molar-refractivity contribution >= 4 is 0 Å². The monoisotopic (exact) mass is 238 g/mol. The van der Waals surface area contributed by atoms with Crippen LogP contribution in [-0.4, -0.2) is 21.8 Å². The molecule has 0 atom stereocenters. The summed E-state index contributed by atoms with van der Waals surface area (Å²) in [5, 5.41) is 6.84. The maximum atomic E-state index is 13.0. The average molecular weight is 238 g/mol. The molecule has 0 aliphatic carbocycles. The Morgan fingerprint density at radius 3 is 2.65 bits per heavy atom. The Balaban J connectivity index is 2.48. The van der Waals surface area contributed by atoms with Crippen molar-refractivity contribution in [1.82, 2.24) is 20.1 Å². The van der Waals surface area contributed by atoms with Crippen LogP contribution in [0.3, 0.4) is 0 Å². The van der Waals surface area contributed by atoms with E-state index in [1.807, 2.05) is 0 Å². The van der Waals surface area contributed by atoms with Gasteiger partial charge in [0.1, 0.15) is 5.69 Å². The number of rotatable bonds is 4. The Hall–Kier alpha value is -1.82. The average Bonchev–Trinajstić information content (AvgIpc) is 2.74. The summed E-state index contributed by atoms with van der Waals surface area (Å²) in [7, 11) is 1.71. The van der Waals surface area contributed by atoms with Gasteiger partial charge in [-0.15, -0.1) is 0 Å². The Bertz CT molecular complexity index is 481. The van der Waals surface area contributed by atoms with Gasteiger partial charge in [0.05, 0.1) is 11.9 Å². The number of nitrogens with zero attached hydrogens (tertiary/aromatic N) is 3. The molecule has 17 heavy (non-hydrogen) atoms. The second-order valence-corrected chi connectivity index (χ2v) is 3.50. The standard InChI is InChI=1S/C11H12F2N4/c1-14-6-8-7-16-17(10(8)11(12)13)9-2-4-15-5-3-9/h2-5,7,11,14H,6H2,1H3. The minimum Gasteiger partial charge on any atom is -0.316 e. The van der Waals surface area contributed by atoms with Crippen LogP contribution in [0.1, 0.15) is 17.7 Å². The van der Waals surface area contributed by atoms with E-state index in [0.29, 0.717) is 17.8 Å². The van der Waals surface area contributed by atoms with Crippen LogP contribution >= 0.6 is 0 Å². The van der Waals surface area contributed by atoms with Gasteiger partial charge in [0.25, 0.3) is 6.43 Å². The second-order valence-electron chi connectivity index (χ2n) is 3.50. The van der Waals surface area contributed by atoms with Crippen molar-refractivity contribution in [1.29, 1.82) is 0 Å². The first-order valence-electron chi connectivity index (χ1n) is 5.14. The van der Waals surface area contributed by atoms with Gasteiger partial charge >= 0.3 is 0 Å². The minimum atomic E-state index is -2.56. The van der Waals surface area contributed by atoms with Crippen LogP contribution in [0.5, 0.6) is 0 Å². The molecule has 2 rings (SSSR count). The molecule has 2 heterocycles. The van der Waals surface area contributed by atoms with Gasteiger partial charge in [-0.3, -0.25) is 4.98 Å². The van der Waals surface area contributed by atoms with Crippen LogP contribution in [0.15, 0.2) is 30.7 Å². The number of halogens is 2. The maximum absolute atomic E-state index is 13.0. The summed E-state index contributed by atoms with van der Waals surface area (Å²) in [6.45, 7) is 0.366. The van der Waals surface area contributed by atoms with Crippen molar-refractivity contribution in [3.05, 3.63) is 42.0 Å². The van der Waals surface area contributed by atoms with Gasteiger partial charge in [0.15, 0.2) is 0 Å². The van der Waals surface area contributed by atoms with Gasteiger partial charge in [-0.05, 0) is 19.2 Å². The van der Waals surface area contributed by atoms with Crippen LogP contribution in [-0.2, 0) is 6.54 Å². The van der Waals surface area contributed by atoms with Crippen molar-refractivity contribution in [3.8, 4) is 5.69 Å². The van der Waals surface area contributed by atoms with E-state index in [0.717, 1.165) is 0 Å². The van der Waals surface area contributed by atoms with Crippen molar-refractivity contribution in [3.63, 3.8) is 0 Å². The first kappa shape index (κ1) is 11.7. The molecule has 0 amide bonds. The number of hydrogen-bond donors (Lipinski definition) is 1. The van der Waals surface area contributed by atoms with Crippen LogP contribution in [0.4, 0.5) is 8.78 Å². The summed E-state index contributed by atoms with van der Waals surface area (Å²) in [4.78, 5) is 3.85. The van der Waals surface area contributed by atoms with Gasteiger partial charge in [-0.25, -0.2) is 13.5 Å². The van der Waals surface area contributed by atoms with Gasteiger partial charge in [-0.2, -0.15) is 5.10 Å². The summed E-state index contributed by atoms with van der Waals surface area (Å²) in [5.74, 6) is 0. The molecular formula is C11H12F2N4. The van der Waals surface area contributed by atoms with E-state index >= 15 is 0 Å². The van der Waals surface area contributed by atoms with Crippen LogP contribution in [0.2, 0.25) is 0 Å². The Labute approximate surface area is 97.3 Å². The highest BCUT2D eigenvalue weighted by Gasteiger charge is 2.20. The number of nitrogens with one attached hydrogen (secondary N) is 1. The SMILES string of the molecule is CNCc1cnn(-c2ccncc2)c1C(F)F. The molecule has 0 aliphatic heterocycles. The topological polar surface area (TPSA) is 42.7 Å². The zero-order chi connectivity index (χ0) is 12.3. The van der Waals surface area contributed by atoms with E-state index in [4.69, 9.17) is 0 Å². The molecule has 0 saturated heterocycles. The molecule has 0 aromatic carbocycles. The van der Waals surface area contributed by atoms with E-state index in [9.17, 15) is 8.78 Å². The molecule has 6 heteroatoms. The Morgan fingerprint density at radius 1 is 1.35 bits per heavy atom. The highest BCUT2D eigenvalue weighted by Crippen LogP contribution is 2.25. The highest BCUT2D eigenvalue weighted by molar-refractivity contribution is 5.33. The fourth-order valence-electron chi connectivity index (χ4n) is 1.64. The van der Waals surface area contributed by atoms with Gasteiger partial charge in [0, 0.05) is 24.5 Å². The second kappa shape index (κ2) is 5.01. The molecule has 0 unspecified atom stereocenters. The fourth-order valence-corrected chi connectivity index (χ4v) is 1.64. The largest absolute Gasteiger partial charge is 0.316 e. The number of aromatic nitrogens is 3.